The molecule has 0 amide bonds. The second-order valence-electron chi connectivity index (χ2n) is 5.28. The van der Waals surface area contributed by atoms with Crippen LogP contribution in [0.3, 0.4) is 0 Å². The van der Waals surface area contributed by atoms with Crippen molar-refractivity contribution in [2.45, 2.75) is 0 Å². The number of nitrogens with zero attached hydrogens (tertiary/aromatic N) is 3. The molecule has 0 aliphatic rings. The molecule has 0 aliphatic carbocycles. The first-order chi connectivity index (χ1) is 11.4. The molecule has 0 fully saturated rings. The summed E-state index contributed by atoms with van der Waals surface area (Å²) in [5.41, 5.74) is 2.19. The van der Waals surface area contributed by atoms with Gasteiger partial charge in [0, 0.05) is 25.7 Å². The number of carboxylic acids is 1. The molecule has 0 saturated carbocycles. The van der Waals surface area contributed by atoms with E-state index in [9.17, 15) is 9.59 Å². The van der Waals surface area contributed by atoms with Gasteiger partial charge in [-0.05, 0) is 23.9 Å². The number of imidazole rings is 1. The second-order valence-corrected chi connectivity index (χ2v) is 5.65. The van der Waals surface area contributed by atoms with Crippen molar-refractivity contribution in [3.8, 4) is 11.4 Å². The van der Waals surface area contributed by atoms with Gasteiger partial charge < -0.3 is 14.7 Å². The van der Waals surface area contributed by atoms with Gasteiger partial charge in [-0.2, -0.15) is 0 Å². The Labute approximate surface area is 141 Å². The molecule has 3 rings (SSSR count). The van der Waals surface area contributed by atoms with Gasteiger partial charge in [-0.25, -0.2) is 9.78 Å². The van der Waals surface area contributed by atoms with Crippen LogP contribution in [0.1, 0.15) is 5.56 Å². The fraction of sp³-hybridized carbons (Fsp3) is 0.125. The number of aryl methyl sites for hydroxylation is 1. The number of hydrogen-bond acceptors (Lipinski definition) is 4. The zero-order valence-corrected chi connectivity index (χ0v) is 13.8. The second kappa shape index (κ2) is 5.89. The van der Waals surface area contributed by atoms with E-state index in [2.05, 4.69) is 9.97 Å². The third-order valence-electron chi connectivity index (χ3n) is 3.70. The number of benzene rings is 1. The lowest BCUT2D eigenvalue weighted by atomic mass is 10.1. The van der Waals surface area contributed by atoms with Crippen LogP contribution in [-0.2, 0) is 18.9 Å². The average molecular weight is 342 g/mol. The Balaban J connectivity index is 2.09. The first-order valence-corrected chi connectivity index (χ1v) is 7.46. The maximum atomic E-state index is 12.3. The molecular weight excluding hydrogens is 328 g/mol. The highest BCUT2D eigenvalue weighted by atomic mass is 32.1. The van der Waals surface area contributed by atoms with Crippen molar-refractivity contribution in [1.82, 2.24) is 19.1 Å². The van der Waals surface area contributed by atoms with E-state index in [-0.39, 0.29) is 5.56 Å². The smallest absolute Gasteiger partial charge is 0.328 e. The maximum absolute atomic E-state index is 12.3. The van der Waals surface area contributed by atoms with E-state index in [1.807, 2.05) is 0 Å². The minimum atomic E-state index is -1.00. The molecule has 0 unspecified atom stereocenters. The largest absolute Gasteiger partial charge is 0.478 e. The zero-order chi connectivity index (χ0) is 17.4. The zero-order valence-electron chi connectivity index (χ0n) is 13.0. The molecule has 3 aromatic rings. The minimum Gasteiger partial charge on any atom is -0.478 e. The number of aromatic amines is 1. The van der Waals surface area contributed by atoms with Crippen LogP contribution in [0.4, 0.5) is 0 Å². The Morgan fingerprint density at radius 2 is 1.92 bits per heavy atom. The van der Waals surface area contributed by atoms with Crippen molar-refractivity contribution < 1.29 is 9.90 Å². The van der Waals surface area contributed by atoms with Crippen LogP contribution in [0.5, 0.6) is 0 Å². The number of H-pyrrole nitrogens is 1. The van der Waals surface area contributed by atoms with Gasteiger partial charge in [0.1, 0.15) is 11.3 Å². The summed E-state index contributed by atoms with van der Waals surface area (Å²) in [7, 11) is 3.38. The predicted octanol–water partition coefficient (Wildman–Crippen LogP) is 2.09. The molecule has 0 saturated heterocycles. The maximum Gasteiger partial charge on any atom is 0.328 e. The summed E-state index contributed by atoms with van der Waals surface area (Å²) in [5.74, 6) is -0.452. The van der Waals surface area contributed by atoms with E-state index in [0.717, 1.165) is 17.2 Å². The highest BCUT2D eigenvalue weighted by molar-refractivity contribution is 7.71. The van der Waals surface area contributed by atoms with Crippen molar-refractivity contribution in [3.63, 3.8) is 0 Å². The van der Waals surface area contributed by atoms with Gasteiger partial charge in [-0.15, -0.1) is 0 Å². The Morgan fingerprint density at radius 3 is 2.54 bits per heavy atom. The summed E-state index contributed by atoms with van der Waals surface area (Å²) < 4.78 is 3.45. The first kappa shape index (κ1) is 15.9. The van der Waals surface area contributed by atoms with Crippen molar-refractivity contribution >= 4 is 35.4 Å². The molecule has 2 aromatic heterocycles. The van der Waals surface area contributed by atoms with Crippen molar-refractivity contribution in [2.75, 3.05) is 0 Å². The molecule has 2 N–H and O–H groups in total. The third kappa shape index (κ3) is 2.67. The van der Waals surface area contributed by atoms with E-state index in [0.29, 0.717) is 21.8 Å². The van der Waals surface area contributed by atoms with Crippen molar-refractivity contribution in [2.24, 2.45) is 14.1 Å². The molecule has 8 heteroatoms. The summed E-state index contributed by atoms with van der Waals surface area (Å²) in [4.78, 5) is 30.3. The van der Waals surface area contributed by atoms with Crippen molar-refractivity contribution in [1.29, 1.82) is 0 Å². The number of carboxylic acid groups (broad SMARTS) is 1. The van der Waals surface area contributed by atoms with Crippen LogP contribution in [0, 0.1) is 4.77 Å². The molecule has 7 nitrogen and oxygen atoms in total. The van der Waals surface area contributed by atoms with E-state index >= 15 is 0 Å². The van der Waals surface area contributed by atoms with Crippen LogP contribution in [-0.4, -0.2) is 30.2 Å². The standard InChI is InChI=1S/C16H14N4O3S/c1-19-14-12(15(23)20(2)16(19)24)17-13(18-14)10-6-3-9(4-7-10)5-8-11(21)22/h3-8H,1-2H3,(H,17,18)(H,21,22). The minimum absolute atomic E-state index is 0.229. The van der Waals surface area contributed by atoms with Crippen LogP contribution < -0.4 is 5.56 Å². The number of aliphatic carboxylic acids is 1. The quantitative estimate of drug-likeness (QED) is 0.562. The average Bonchev–Trinajstić information content (AvgIpc) is 3.02. The lowest BCUT2D eigenvalue weighted by Gasteiger charge is -2.03. The molecule has 24 heavy (non-hydrogen) atoms. The Hall–Kier alpha value is -3.00. The van der Waals surface area contributed by atoms with E-state index in [4.69, 9.17) is 17.3 Å². The van der Waals surface area contributed by atoms with E-state index in [1.165, 1.54) is 10.6 Å². The number of aromatic nitrogens is 4. The van der Waals surface area contributed by atoms with Gasteiger partial charge in [0.05, 0.1) is 0 Å². The van der Waals surface area contributed by atoms with Crippen LogP contribution in [0.2, 0.25) is 0 Å². The molecule has 0 spiro atoms. The monoisotopic (exact) mass is 342 g/mol. The van der Waals surface area contributed by atoms with Gasteiger partial charge in [-0.3, -0.25) is 9.36 Å². The Morgan fingerprint density at radius 1 is 1.25 bits per heavy atom. The first-order valence-electron chi connectivity index (χ1n) is 7.05. The Bertz CT molecular complexity index is 1090. The molecule has 0 aliphatic heterocycles. The summed E-state index contributed by atoms with van der Waals surface area (Å²) in [6.07, 6.45) is 2.58. The van der Waals surface area contributed by atoms with E-state index in [1.54, 1.807) is 42.9 Å². The highest BCUT2D eigenvalue weighted by Crippen LogP contribution is 2.19. The van der Waals surface area contributed by atoms with Gasteiger partial charge in [0.25, 0.3) is 5.56 Å². The summed E-state index contributed by atoms with van der Waals surface area (Å²) in [6, 6.07) is 7.16. The van der Waals surface area contributed by atoms with Gasteiger partial charge in [0.2, 0.25) is 0 Å². The third-order valence-corrected chi connectivity index (χ3v) is 4.24. The number of hydrogen-bond donors (Lipinski definition) is 2. The SMILES string of the molecule is Cn1c(=O)c2[nH]c(-c3ccc(C=CC(=O)O)cc3)nc2n(C)c1=S. The Kier molecular flexibility index (Phi) is 3.90. The molecule has 0 atom stereocenters. The van der Waals surface area contributed by atoms with E-state index < -0.39 is 5.97 Å². The summed E-state index contributed by atoms with van der Waals surface area (Å²) >= 11 is 5.22. The number of fused-ring (bicyclic) bond motifs is 1. The van der Waals surface area contributed by atoms with Crippen molar-refractivity contribution in [3.05, 3.63) is 51.0 Å². The fourth-order valence-corrected chi connectivity index (χ4v) is 2.55. The highest BCUT2D eigenvalue weighted by Gasteiger charge is 2.12. The van der Waals surface area contributed by atoms with Crippen LogP contribution in [0.15, 0.2) is 35.1 Å². The molecule has 0 bridgehead atoms. The normalized spacial score (nSPS) is 11.4. The summed E-state index contributed by atoms with van der Waals surface area (Å²) in [5, 5.41) is 8.64. The predicted molar refractivity (Wildman–Crippen MR) is 93.2 cm³/mol. The molecular formula is C16H14N4O3S. The molecule has 1 aromatic carbocycles. The number of carbonyl (C=O) groups is 1. The van der Waals surface area contributed by atoms with Crippen LogP contribution in [0.25, 0.3) is 28.6 Å². The number of nitrogens with one attached hydrogen (secondary N) is 1. The van der Waals surface area contributed by atoms with Gasteiger partial charge in [0.15, 0.2) is 10.4 Å². The lowest BCUT2D eigenvalue weighted by molar-refractivity contribution is -0.131. The molecule has 2 heterocycles. The number of rotatable bonds is 3. The van der Waals surface area contributed by atoms with Gasteiger partial charge in [-0.1, -0.05) is 24.3 Å². The van der Waals surface area contributed by atoms with Crippen LogP contribution >= 0.6 is 12.2 Å². The lowest BCUT2D eigenvalue weighted by Crippen LogP contribution is -2.21. The van der Waals surface area contributed by atoms with Gasteiger partial charge >= 0.3 is 5.97 Å². The summed E-state index contributed by atoms with van der Waals surface area (Å²) in [6.45, 7) is 0. The molecule has 0 radical (unpaired) electrons. The topological polar surface area (TPSA) is 92.9 Å². The molecule has 122 valence electrons. The fourth-order valence-electron chi connectivity index (χ4n) is 2.38.